The lowest BCUT2D eigenvalue weighted by molar-refractivity contribution is 0.474. The number of carbonyl (C=O) groups excluding carboxylic acids is 1. The van der Waals surface area contributed by atoms with Crippen LogP contribution in [0.2, 0.25) is 0 Å². The van der Waals surface area contributed by atoms with E-state index in [1.165, 1.54) is 0 Å². The highest BCUT2D eigenvalue weighted by molar-refractivity contribution is 5.64. The van der Waals surface area contributed by atoms with E-state index in [0.717, 1.165) is 5.56 Å². The van der Waals surface area contributed by atoms with Crippen LogP contribution in [0.25, 0.3) is 0 Å². The van der Waals surface area contributed by atoms with Crippen LogP contribution in [0, 0.1) is 0 Å². The predicted molar refractivity (Wildman–Crippen MR) is 50.1 cm³/mol. The fourth-order valence-corrected chi connectivity index (χ4v) is 1.07. The molecule has 1 aromatic carbocycles. The lowest BCUT2D eigenvalue weighted by Crippen LogP contribution is -2.40. The summed E-state index contributed by atoms with van der Waals surface area (Å²) in [5, 5.41) is 9.00. The van der Waals surface area contributed by atoms with Gasteiger partial charge in [0.1, 0.15) is 5.75 Å². The van der Waals surface area contributed by atoms with E-state index in [-0.39, 0.29) is 5.75 Å². The van der Waals surface area contributed by atoms with Gasteiger partial charge in [0.05, 0.1) is 5.54 Å². The first kappa shape index (κ1) is 9.74. The lowest BCUT2D eigenvalue weighted by atomic mass is 9.96. The molecule has 1 aromatic rings. The Morgan fingerprint density at radius 3 is 2.46 bits per heavy atom. The van der Waals surface area contributed by atoms with E-state index in [4.69, 9.17) is 10.8 Å². The predicted octanol–water partition coefficient (Wildman–Crippen LogP) is 0.762. The Morgan fingerprint density at radius 1 is 1.46 bits per heavy atom. The number of phenols is 1. The highest BCUT2D eigenvalue weighted by atomic mass is 16.3. The molecule has 0 bridgehead atoms. The van der Waals surface area contributed by atoms with Gasteiger partial charge in [-0.15, -0.1) is 0 Å². The summed E-state index contributed by atoms with van der Waals surface area (Å²) in [6, 6.07) is 6.60. The van der Waals surface area contributed by atoms with Gasteiger partial charge in [0, 0.05) is 0 Å². The summed E-state index contributed by atoms with van der Waals surface area (Å²) in [5.74, 6) is 0.206. The highest BCUT2D eigenvalue weighted by Crippen LogP contribution is 2.13. The van der Waals surface area contributed by atoms with Crippen molar-refractivity contribution in [3.05, 3.63) is 29.8 Å². The van der Waals surface area contributed by atoms with E-state index in [0.29, 0.717) is 6.42 Å². The fraction of sp³-hybridized carbons (Fsp3) is 0.300. The standard InChI is InChI=1S/C10H12NO2/c1-10(11,7-12)6-8-2-4-9(13)5-3-8/h2-5,13H,6,11H2,1H3. The summed E-state index contributed by atoms with van der Waals surface area (Å²) in [5.41, 5.74) is 5.56. The van der Waals surface area contributed by atoms with E-state index in [1.54, 1.807) is 37.5 Å². The Morgan fingerprint density at radius 2 is 2.00 bits per heavy atom. The third kappa shape index (κ3) is 2.87. The van der Waals surface area contributed by atoms with Crippen LogP contribution in [0.1, 0.15) is 12.5 Å². The van der Waals surface area contributed by atoms with Crippen molar-refractivity contribution in [2.75, 3.05) is 0 Å². The van der Waals surface area contributed by atoms with Crippen molar-refractivity contribution in [3.8, 4) is 5.75 Å². The third-order valence-corrected chi connectivity index (χ3v) is 1.74. The second kappa shape index (κ2) is 3.58. The number of aromatic hydroxyl groups is 1. The molecule has 0 aliphatic carbocycles. The smallest absolute Gasteiger partial charge is 0.220 e. The van der Waals surface area contributed by atoms with Crippen molar-refractivity contribution in [3.63, 3.8) is 0 Å². The van der Waals surface area contributed by atoms with E-state index < -0.39 is 5.54 Å². The molecule has 0 amide bonds. The van der Waals surface area contributed by atoms with Gasteiger partial charge in [-0.2, -0.15) is 0 Å². The first-order chi connectivity index (χ1) is 6.03. The number of hydrogen-bond acceptors (Lipinski definition) is 3. The highest BCUT2D eigenvalue weighted by Gasteiger charge is 2.18. The molecule has 1 rings (SSSR count). The normalized spacial score (nSPS) is 14.9. The van der Waals surface area contributed by atoms with Crippen LogP contribution in [0.5, 0.6) is 5.75 Å². The number of nitrogens with two attached hydrogens (primary N) is 1. The Labute approximate surface area is 77.2 Å². The molecule has 1 radical (unpaired) electrons. The van der Waals surface area contributed by atoms with E-state index in [9.17, 15) is 4.79 Å². The summed E-state index contributed by atoms with van der Waals surface area (Å²) in [6.07, 6.45) is 2.20. The largest absolute Gasteiger partial charge is 0.508 e. The zero-order chi connectivity index (χ0) is 9.90. The average molecular weight is 178 g/mol. The molecule has 0 saturated carbocycles. The SMILES string of the molecule is CC(N)([C]=O)Cc1ccc(O)cc1. The number of hydrogen-bond donors (Lipinski definition) is 2. The van der Waals surface area contributed by atoms with Gasteiger partial charge in [-0.25, -0.2) is 0 Å². The van der Waals surface area contributed by atoms with E-state index in [1.807, 2.05) is 0 Å². The molecular weight excluding hydrogens is 166 g/mol. The van der Waals surface area contributed by atoms with Crippen molar-refractivity contribution < 1.29 is 9.90 Å². The Kier molecular flexibility index (Phi) is 2.68. The zero-order valence-corrected chi connectivity index (χ0v) is 7.45. The quantitative estimate of drug-likeness (QED) is 0.718. The molecule has 0 aromatic heterocycles. The second-order valence-electron chi connectivity index (χ2n) is 3.36. The molecule has 3 nitrogen and oxygen atoms in total. The first-order valence-corrected chi connectivity index (χ1v) is 3.99. The molecule has 13 heavy (non-hydrogen) atoms. The van der Waals surface area contributed by atoms with E-state index >= 15 is 0 Å². The molecule has 3 heteroatoms. The summed E-state index contributed by atoms with van der Waals surface area (Å²) >= 11 is 0. The summed E-state index contributed by atoms with van der Waals surface area (Å²) in [7, 11) is 0. The van der Waals surface area contributed by atoms with Gasteiger partial charge in [0.15, 0.2) is 0 Å². The summed E-state index contributed by atoms with van der Waals surface area (Å²) < 4.78 is 0. The molecule has 0 aliphatic rings. The van der Waals surface area contributed by atoms with Gasteiger partial charge in [0.2, 0.25) is 6.29 Å². The van der Waals surface area contributed by atoms with Gasteiger partial charge in [-0.3, -0.25) is 4.79 Å². The number of rotatable bonds is 3. The van der Waals surface area contributed by atoms with Gasteiger partial charge >= 0.3 is 0 Å². The monoisotopic (exact) mass is 178 g/mol. The van der Waals surface area contributed by atoms with Crippen molar-refractivity contribution >= 4 is 6.29 Å². The maximum atomic E-state index is 10.4. The van der Waals surface area contributed by atoms with Crippen molar-refractivity contribution in [1.29, 1.82) is 0 Å². The lowest BCUT2D eigenvalue weighted by Gasteiger charge is -2.15. The topological polar surface area (TPSA) is 63.3 Å². The van der Waals surface area contributed by atoms with Crippen LogP contribution in [0.4, 0.5) is 0 Å². The van der Waals surface area contributed by atoms with Crippen LogP contribution in [0.15, 0.2) is 24.3 Å². The average Bonchev–Trinajstić information content (AvgIpc) is 2.09. The summed E-state index contributed by atoms with van der Waals surface area (Å²) in [6.45, 7) is 1.62. The minimum atomic E-state index is -0.947. The molecule has 1 unspecified atom stereocenters. The second-order valence-corrected chi connectivity index (χ2v) is 3.36. The third-order valence-electron chi connectivity index (χ3n) is 1.74. The number of phenolic OH excluding ortho intramolecular Hbond substituents is 1. The van der Waals surface area contributed by atoms with Gasteiger partial charge < -0.3 is 10.8 Å². The summed E-state index contributed by atoms with van der Waals surface area (Å²) in [4.78, 5) is 10.4. The van der Waals surface area contributed by atoms with Gasteiger partial charge in [-0.05, 0) is 31.0 Å². The van der Waals surface area contributed by atoms with Gasteiger partial charge in [0.25, 0.3) is 0 Å². The Bertz CT molecular complexity index is 290. The van der Waals surface area contributed by atoms with Crippen LogP contribution in [0.3, 0.4) is 0 Å². The zero-order valence-electron chi connectivity index (χ0n) is 7.45. The Balaban J connectivity index is 2.75. The molecule has 0 heterocycles. The maximum absolute atomic E-state index is 10.4. The van der Waals surface area contributed by atoms with Crippen LogP contribution in [-0.2, 0) is 11.2 Å². The maximum Gasteiger partial charge on any atom is 0.220 e. The molecule has 0 saturated heterocycles. The molecule has 0 spiro atoms. The van der Waals surface area contributed by atoms with Crippen molar-refractivity contribution in [2.45, 2.75) is 18.9 Å². The first-order valence-electron chi connectivity index (χ1n) is 3.99. The molecule has 69 valence electrons. The molecule has 3 N–H and O–H groups in total. The minimum Gasteiger partial charge on any atom is -0.508 e. The van der Waals surface area contributed by atoms with Crippen molar-refractivity contribution in [2.24, 2.45) is 5.73 Å². The van der Waals surface area contributed by atoms with Crippen LogP contribution < -0.4 is 5.73 Å². The number of benzene rings is 1. The fourth-order valence-electron chi connectivity index (χ4n) is 1.07. The van der Waals surface area contributed by atoms with Crippen LogP contribution >= 0.6 is 0 Å². The van der Waals surface area contributed by atoms with Crippen molar-refractivity contribution in [1.82, 2.24) is 0 Å². The molecule has 1 atom stereocenters. The van der Waals surface area contributed by atoms with Gasteiger partial charge in [-0.1, -0.05) is 12.1 Å². The minimum absolute atomic E-state index is 0.206. The molecule has 0 aliphatic heterocycles. The molecular formula is C10H12NO2. The van der Waals surface area contributed by atoms with Crippen LogP contribution in [-0.4, -0.2) is 16.9 Å². The molecule has 0 fully saturated rings. The Hall–Kier alpha value is -1.35. The van der Waals surface area contributed by atoms with E-state index in [2.05, 4.69) is 0 Å².